The summed E-state index contributed by atoms with van der Waals surface area (Å²) in [5.41, 5.74) is 0.462. The van der Waals surface area contributed by atoms with E-state index >= 15 is 0 Å². The summed E-state index contributed by atoms with van der Waals surface area (Å²) in [6.45, 7) is 1.39. The number of halogens is 2. The number of carbonyl (C=O) groups is 1. The van der Waals surface area contributed by atoms with Gasteiger partial charge in [-0.25, -0.2) is 0 Å². The maximum atomic E-state index is 11.8. The Hall–Kier alpha value is -0.970. The number of rotatable bonds is 5. The summed E-state index contributed by atoms with van der Waals surface area (Å²) in [6, 6.07) is 3.36. The fourth-order valence-electron chi connectivity index (χ4n) is 1.64. The molecule has 104 valence electrons. The van der Waals surface area contributed by atoms with Crippen LogP contribution >= 0.6 is 23.2 Å². The van der Waals surface area contributed by atoms with Crippen LogP contribution in [0.15, 0.2) is 12.1 Å². The Kier molecular flexibility index (Phi) is 4.55. The summed E-state index contributed by atoms with van der Waals surface area (Å²) in [5, 5.41) is 12.8. The van der Waals surface area contributed by atoms with Crippen molar-refractivity contribution in [3.05, 3.63) is 27.7 Å². The molecule has 1 atom stereocenters. The van der Waals surface area contributed by atoms with E-state index in [1.807, 2.05) is 0 Å². The van der Waals surface area contributed by atoms with Crippen molar-refractivity contribution in [1.82, 2.24) is 5.32 Å². The lowest BCUT2D eigenvalue weighted by Crippen LogP contribution is -2.37. The molecule has 0 radical (unpaired) electrons. The minimum absolute atomic E-state index is 0.183. The van der Waals surface area contributed by atoms with Gasteiger partial charge in [-0.05, 0) is 31.9 Å². The average Bonchev–Trinajstić information content (AvgIpc) is 3.15. The van der Waals surface area contributed by atoms with Crippen molar-refractivity contribution in [3.8, 4) is 5.75 Å². The van der Waals surface area contributed by atoms with E-state index in [-0.39, 0.29) is 23.6 Å². The van der Waals surface area contributed by atoms with Gasteiger partial charge in [0, 0.05) is 16.6 Å². The average molecular weight is 304 g/mol. The molecule has 0 aliphatic heterocycles. The van der Waals surface area contributed by atoms with Crippen LogP contribution in [0.1, 0.15) is 25.3 Å². The van der Waals surface area contributed by atoms with Gasteiger partial charge in [-0.2, -0.15) is 0 Å². The van der Waals surface area contributed by atoms with Gasteiger partial charge < -0.3 is 15.2 Å². The Morgan fingerprint density at radius 2 is 2.21 bits per heavy atom. The highest BCUT2D eigenvalue weighted by Crippen LogP contribution is 2.33. The van der Waals surface area contributed by atoms with Crippen molar-refractivity contribution in [2.75, 3.05) is 0 Å². The van der Waals surface area contributed by atoms with Crippen LogP contribution in [0.2, 0.25) is 10.0 Å². The van der Waals surface area contributed by atoms with Crippen molar-refractivity contribution in [2.45, 2.75) is 38.5 Å². The molecular weight excluding hydrogens is 289 g/mol. The predicted molar refractivity (Wildman–Crippen MR) is 73.6 cm³/mol. The summed E-state index contributed by atoms with van der Waals surface area (Å²) >= 11 is 11.9. The number of nitrogens with one attached hydrogen (secondary N) is 1. The molecule has 1 aliphatic carbocycles. The van der Waals surface area contributed by atoms with Crippen molar-refractivity contribution >= 4 is 29.1 Å². The molecule has 1 aromatic rings. The van der Waals surface area contributed by atoms with E-state index in [0.717, 1.165) is 12.8 Å². The first kappa shape index (κ1) is 14.4. The monoisotopic (exact) mass is 303 g/mol. The predicted octanol–water partition coefficient (Wildman–Crippen LogP) is 2.53. The van der Waals surface area contributed by atoms with E-state index in [1.165, 1.54) is 6.07 Å². The van der Waals surface area contributed by atoms with Crippen LogP contribution in [0.4, 0.5) is 0 Å². The molecule has 4 nitrogen and oxygen atoms in total. The molecule has 6 heteroatoms. The standard InChI is InChI=1S/C13H15Cl2NO3/c1-7(13(18)16-10-2-3-10)19-12-8(6-17)4-9(14)5-11(12)15/h4-5,7,10,17H,2-3,6H2,1H3,(H,16,18). The zero-order chi connectivity index (χ0) is 14.0. The van der Waals surface area contributed by atoms with Gasteiger partial charge in [0.1, 0.15) is 5.75 Å². The fourth-order valence-corrected chi connectivity index (χ4v) is 2.22. The Morgan fingerprint density at radius 3 is 2.79 bits per heavy atom. The molecule has 0 saturated heterocycles. The number of amides is 1. The third-order valence-corrected chi connectivity index (χ3v) is 3.34. The topological polar surface area (TPSA) is 58.6 Å². The van der Waals surface area contributed by atoms with Crippen LogP contribution in [-0.4, -0.2) is 23.2 Å². The van der Waals surface area contributed by atoms with Gasteiger partial charge in [0.15, 0.2) is 6.10 Å². The lowest BCUT2D eigenvalue weighted by atomic mass is 10.2. The lowest BCUT2D eigenvalue weighted by Gasteiger charge is -2.18. The normalized spacial score (nSPS) is 16.0. The number of ether oxygens (including phenoxy) is 1. The van der Waals surface area contributed by atoms with E-state index < -0.39 is 6.10 Å². The summed E-state index contributed by atoms with van der Waals surface area (Å²) in [7, 11) is 0. The van der Waals surface area contributed by atoms with Gasteiger partial charge >= 0.3 is 0 Å². The first-order chi connectivity index (χ1) is 9.01. The van der Waals surface area contributed by atoms with Crippen molar-refractivity contribution < 1.29 is 14.6 Å². The first-order valence-electron chi connectivity index (χ1n) is 6.07. The minimum Gasteiger partial charge on any atom is -0.479 e. The molecule has 19 heavy (non-hydrogen) atoms. The number of carbonyl (C=O) groups excluding carboxylic acids is 1. The summed E-state index contributed by atoms with van der Waals surface area (Å²) in [5.74, 6) is 0.115. The quantitative estimate of drug-likeness (QED) is 0.879. The molecule has 1 saturated carbocycles. The molecule has 2 rings (SSSR count). The van der Waals surface area contributed by atoms with E-state index in [2.05, 4.69) is 5.32 Å². The number of aliphatic hydroxyl groups excluding tert-OH is 1. The van der Waals surface area contributed by atoms with E-state index in [9.17, 15) is 9.90 Å². The third-order valence-electron chi connectivity index (χ3n) is 2.84. The van der Waals surface area contributed by atoms with Crippen LogP contribution in [0.5, 0.6) is 5.75 Å². The number of aliphatic hydroxyl groups is 1. The van der Waals surface area contributed by atoms with Gasteiger partial charge in [-0.1, -0.05) is 23.2 Å². The highest BCUT2D eigenvalue weighted by molar-refractivity contribution is 6.35. The molecule has 1 fully saturated rings. The second-order valence-electron chi connectivity index (χ2n) is 4.58. The Bertz CT molecular complexity index is 489. The Labute approximate surface area is 121 Å². The molecule has 1 unspecified atom stereocenters. The van der Waals surface area contributed by atoms with E-state index in [0.29, 0.717) is 16.3 Å². The van der Waals surface area contributed by atoms with E-state index in [1.54, 1.807) is 13.0 Å². The van der Waals surface area contributed by atoms with Crippen LogP contribution in [0.3, 0.4) is 0 Å². The second kappa shape index (κ2) is 5.99. The lowest BCUT2D eigenvalue weighted by molar-refractivity contribution is -0.127. The highest BCUT2D eigenvalue weighted by Gasteiger charge is 2.27. The number of hydrogen-bond donors (Lipinski definition) is 2. The van der Waals surface area contributed by atoms with Crippen molar-refractivity contribution in [3.63, 3.8) is 0 Å². The van der Waals surface area contributed by atoms with Crippen molar-refractivity contribution in [2.24, 2.45) is 0 Å². The highest BCUT2D eigenvalue weighted by atomic mass is 35.5. The maximum Gasteiger partial charge on any atom is 0.260 e. The Morgan fingerprint density at radius 1 is 1.53 bits per heavy atom. The van der Waals surface area contributed by atoms with E-state index in [4.69, 9.17) is 27.9 Å². The van der Waals surface area contributed by atoms with Crippen LogP contribution < -0.4 is 10.1 Å². The molecule has 1 amide bonds. The Balaban J connectivity index is 2.10. The van der Waals surface area contributed by atoms with Gasteiger partial charge in [0.2, 0.25) is 0 Å². The fraction of sp³-hybridized carbons (Fsp3) is 0.462. The third kappa shape index (κ3) is 3.75. The zero-order valence-corrected chi connectivity index (χ0v) is 12.0. The molecule has 0 aromatic heterocycles. The minimum atomic E-state index is -0.676. The second-order valence-corrected chi connectivity index (χ2v) is 5.42. The van der Waals surface area contributed by atoms with Gasteiger partial charge in [-0.3, -0.25) is 4.79 Å². The summed E-state index contributed by atoms with van der Waals surface area (Å²) in [6.07, 6.45) is 1.36. The molecule has 1 aliphatic rings. The summed E-state index contributed by atoms with van der Waals surface area (Å²) in [4.78, 5) is 11.8. The van der Waals surface area contributed by atoms with Crippen LogP contribution in [0.25, 0.3) is 0 Å². The molecule has 0 spiro atoms. The molecule has 0 bridgehead atoms. The number of hydrogen-bond acceptors (Lipinski definition) is 3. The number of benzene rings is 1. The van der Waals surface area contributed by atoms with Gasteiger partial charge in [0.05, 0.1) is 11.6 Å². The van der Waals surface area contributed by atoms with Gasteiger partial charge in [-0.15, -0.1) is 0 Å². The summed E-state index contributed by atoms with van der Waals surface area (Å²) < 4.78 is 5.55. The maximum absolute atomic E-state index is 11.8. The zero-order valence-electron chi connectivity index (χ0n) is 10.5. The molecular formula is C13H15Cl2NO3. The molecule has 0 heterocycles. The van der Waals surface area contributed by atoms with Crippen LogP contribution in [0, 0.1) is 0 Å². The van der Waals surface area contributed by atoms with Gasteiger partial charge in [0.25, 0.3) is 5.91 Å². The molecule has 2 N–H and O–H groups in total. The SMILES string of the molecule is CC(Oc1c(Cl)cc(Cl)cc1CO)C(=O)NC1CC1. The molecule has 1 aromatic carbocycles. The van der Waals surface area contributed by atoms with Crippen LogP contribution in [-0.2, 0) is 11.4 Å². The van der Waals surface area contributed by atoms with Crippen molar-refractivity contribution in [1.29, 1.82) is 0 Å². The largest absolute Gasteiger partial charge is 0.479 e. The smallest absolute Gasteiger partial charge is 0.260 e. The first-order valence-corrected chi connectivity index (χ1v) is 6.82.